The molecule has 8 nitrogen and oxygen atoms in total. The molecule has 3 N–H and O–H groups in total. The van der Waals surface area contributed by atoms with E-state index in [9.17, 15) is 26.8 Å². The predicted octanol–water partition coefficient (Wildman–Crippen LogP) is 5.33. The molecule has 12 heteroatoms. The lowest BCUT2D eigenvalue weighted by Crippen LogP contribution is -2.44. The van der Waals surface area contributed by atoms with E-state index in [-0.39, 0.29) is 32.6 Å². The van der Waals surface area contributed by atoms with E-state index >= 15 is 0 Å². The van der Waals surface area contributed by atoms with Crippen LogP contribution >= 0.6 is 11.3 Å². The monoisotopic (exact) mass is 598 g/mol. The van der Waals surface area contributed by atoms with Crippen molar-refractivity contribution in [2.75, 3.05) is 10.6 Å². The highest BCUT2D eigenvalue weighted by atomic mass is 32.2. The highest BCUT2D eigenvalue weighted by Gasteiger charge is 2.24. The first kappa shape index (κ1) is 29.8. The summed E-state index contributed by atoms with van der Waals surface area (Å²) in [5.41, 5.74) is 1.98. The largest absolute Gasteiger partial charge is 0.381 e. The number of hydrogen-bond acceptors (Lipinski definition) is 7. The van der Waals surface area contributed by atoms with Crippen LogP contribution in [0.2, 0.25) is 0 Å². The van der Waals surface area contributed by atoms with Crippen LogP contribution in [0, 0.1) is 11.6 Å². The fraction of sp³-hybridized carbons (Fsp3) is 0.207. The zero-order valence-electron chi connectivity index (χ0n) is 22.1. The molecule has 0 aliphatic heterocycles. The predicted molar refractivity (Wildman–Crippen MR) is 153 cm³/mol. The van der Waals surface area contributed by atoms with Gasteiger partial charge in [0.2, 0.25) is 21.7 Å². The van der Waals surface area contributed by atoms with Crippen LogP contribution in [0.15, 0.2) is 88.1 Å². The van der Waals surface area contributed by atoms with Crippen molar-refractivity contribution in [1.82, 2.24) is 10.3 Å². The molecular formula is C29H28F2N4O4S2. The number of halogens is 2. The number of aromatic nitrogens is 1. The third-order valence-corrected chi connectivity index (χ3v) is 9.14. The molecule has 1 unspecified atom stereocenters. The molecule has 214 valence electrons. The summed E-state index contributed by atoms with van der Waals surface area (Å²) in [6.45, 7) is 2.42. The Morgan fingerprint density at radius 3 is 2.29 bits per heavy atom. The number of nitrogens with one attached hydrogen (secondary N) is 3. The Bertz CT molecular complexity index is 1590. The van der Waals surface area contributed by atoms with Crippen molar-refractivity contribution in [3.05, 3.63) is 102 Å². The third kappa shape index (κ3) is 8.18. The maximum atomic E-state index is 13.4. The van der Waals surface area contributed by atoms with Gasteiger partial charge in [-0.2, -0.15) is 0 Å². The molecule has 2 amide bonds. The highest BCUT2D eigenvalue weighted by Crippen LogP contribution is 2.29. The molecule has 0 bridgehead atoms. The lowest BCUT2D eigenvalue weighted by molar-refractivity contribution is -0.126. The van der Waals surface area contributed by atoms with Crippen LogP contribution < -0.4 is 16.0 Å². The highest BCUT2D eigenvalue weighted by molar-refractivity contribution is 7.93. The average Bonchev–Trinajstić information content (AvgIpc) is 3.41. The average molecular weight is 599 g/mol. The van der Waals surface area contributed by atoms with Gasteiger partial charge in [-0.1, -0.05) is 55.0 Å². The minimum absolute atomic E-state index is 0.0530. The Morgan fingerprint density at radius 1 is 0.951 bits per heavy atom. The molecule has 0 spiro atoms. The van der Waals surface area contributed by atoms with Crippen molar-refractivity contribution in [3.63, 3.8) is 0 Å². The zero-order valence-corrected chi connectivity index (χ0v) is 23.7. The SMILES string of the molecule is CCCC(NC(=O)Cc1cc(F)cc(F)c1)C(=O)Nc1ncc(S(=O)(=O)c2ccc(NCc3ccccc3)cc2)s1. The van der Waals surface area contributed by atoms with E-state index in [1.165, 1.54) is 18.3 Å². The topological polar surface area (TPSA) is 117 Å². The molecular weight excluding hydrogens is 570 g/mol. The van der Waals surface area contributed by atoms with Gasteiger partial charge in [0.1, 0.15) is 21.9 Å². The first-order chi connectivity index (χ1) is 19.6. The van der Waals surface area contributed by atoms with Crippen molar-refractivity contribution in [1.29, 1.82) is 0 Å². The van der Waals surface area contributed by atoms with Gasteiger partial charge in [-0.25, -0.2) is 22.2 Å². The van der Waals surface area contributed by atoms with Crippen LogP contribution in [0.25, 0.3) is 0 Å². The van der Waals surface area contributed by atoms with Gasteiger partial charge in [0.15, 0.2) is 5.13 Å². The van der Waals surface area contributed by atoms with E-state index in [0.717, 1.165) is 34.7 Å². The molecule has 4 aromatic rings. The molecule has 0 saturated carbocycles. The number of rotatable bonds is 12. The van der Waals surface area contributed by atoms with Crippen molar-refractivity contribution in [3.8, 4) is 0 Å². The minimum Gasteiger partial charge on any atom is -0.381 e. The van der Waals surface area contributed by atoms with Crippen LogP contribution in [0.3, 0.4) is 0 Å². The summed E-state index contributed by atoms with van der Waals surface area (Å²) in [5, 5.41) is 8.43. The Hall–Kier alpha value is -4.16. The van der Waals surface area contributed by atoms with Crippen molar-refractivity contribution < 1.29 is 26.8 Å². The van der Waals surface area contributed by atoms with E-state index in [0.29, 0.717) is 19.0 Å². The molecule has 0 aliphatic carbocycles. The minimum atomic E-state index is -3.88. The van der Waals surface area contributed by atoms with Gasteiger partial charge in [0.05, 0.1) is 17.5 Å². The molecule has 1 heterocycles. The van der Waals surface area contributed by atoms with Gasteiger partial charge in [0, 0.05) is 18.3 Å². The number of carbonyl (C=O) groups is 2. The first-order valence-electron chi connectivity index (χ1n) is 12.8. The van der Waals surface area contributed by atoms with Crippen LogP contribution in [0.1, 0.15) is 30.9 Å². The summed E-state index contributed by atoms with van der Waals surface area (Å²) < 4.78 is 53.1. The van der Waals surface area contributed by atoms with Gasteiger partial charge in [-0.05, 0) is 53.9 Å². The second-order valence-corrected chi connectivity index (χ2v) is 12.4. The Labute approximate surface area is 240 Å². The Kier molecular flexibility index (Phi) is 9.79. The molecule has 3 aromatic carbocycles. The lowest BCUT2D eigenvalue weighted by Gasteiger charge is -2.17. The van der Waals surface area contributed by atoms with Crippen molar-refractivity contribution in [2.24, 2.45) is 0 Å². The van der Waals surface area contributed by atoms with Gasteiger partial charge in [0.25, 0.3) is 0 Å². The Balaban J connectivity index is 1.37. The molecule has 0 saturated heterocycles. The number of anilines is 2. The second kappa shape index (κ2) is 13.5. The molecule has 0 radical (unpaired) electrons. The quantitative estimate of drug-likeness (QED) is 0.203. The molecule has 4 rings (SSSR count). The van der Waals surface area contributed by atoms with Crippen LogP contribution in [0.4, 0.5) is 19.6 Å². The van der Waals surface area contributed by atoms with Crippen molar-refractivity contribution in [2.45, 2.75) is 47.9 Å². The molecule has 0 fully saturated rings. The lowest BCUT2D eigenvalue weighted by atomic mass is 10.1. The number of hydrogen-bond donors (Lipinski definition) is 3. The standard InChI is InChI=1S/C29H28F2N4O4S2/c1-2-6-25(34-26(36)15-20-13-21(30)16-22(31)14-20)28(37)35-29-33-18-27(40-29)41(38,39)24-11-9-23(10-12-24)32-17-19-7-4-3-5-8-19/h3-5,7-14,16,18,25,32H,2,6,15,17H2,1H3,(H,34,36)(H,33,35,37). The van der Waals surface area contributed by atoms with Gasteiger partial charge < -0.3 is 16.0 Å². The van der Waals surface area contributed by atoms with Gasteiger partial charge >= 0.3 is 0 Å². The molecule has 41 heavy (non-hydrogen) atoms. The number of amides is 2. The van der Waals surface area contributed by atoms with E-state index < -0.39 is 39.3 Å². The number of benzene rings is 3. The van der Waals surface area contributed by atoms with E-state index in [1.54, 1.807) is 12.1 Å². The molecule has 1 aromatic heterocycles. The fourth-order valence-electron chi connectivity index (χ4n) is 4.00. The summed E-state index contributed by atoms with van der Waals surface area (Å²) >= 11 is 0.792. The summed E-state index contributed by atoms with van der Waals surface area (Å²) in [6, 6.07) is 18.0. The van der Waals surface area contributed by atoms with Gasteiger partial charge in [-0.15, -0.1) is 0 Å². The maximum absolute atomic E-state index is 13.4. The summed E-state index contributed by atoms with van der Waals surface area (Å²) in [6.07, 6.45) is 1.70. The van der Waals surface area contributed by atoms with E-state index in [1.807, 2.05) is 37.3 Å². The summed E-state index contributed by atoms with van der Waals surface area (Å²) in [7, 11) is -3.88. The van der Waals surface area contributed by atoms with Crippen LogP contribution in [0.5, 0.6) is 0 Å². The fourth-order valence-corrected chi connectivity index (χ4v) is 6.44. The zero-order chi connectivity index (χ0) is 29.4. The summed E-state index contributed by atoms with van der Waals surface area (Å²) in [5.74, 6) is -2.79. The third-order valence-electron chi connectivity index (χ3n) is 6.00. The van der Waals surface area contributed by atoms with E-state index in [4.69, 9.17) is 0 Å². The number of thiazole rings is 1. The molecule has 1 atom stereocenters. The number of sulfone groups is 1. The maximum Gasteiger partial charge on any atom is 0.248 e. The summed E-state index contributed by atoms with van der Waals surface area (Å²) in [4.78, 5) is 29.5. The second-order valence-electron chi connectivity index (χ2n) is 9.20. The van der Waals surface area contributed by atoms with Gasteiger partial charge in [-0.3, -0.25) is 9.59 Å². The smallest absolute Gasteiger partial charge is 0.248 e. The first-order valence-corrected chi connectivity index (χ1v) is 15.1. The normalized spacial score (nSPS) is 12.0. The van der Waals surface area contributed by atoms with E-state index in [2.05, 4.69) is 20.9 Å². The molecule has 0 aliphatic rings. The Morgan fingerprint density at radius 2 is 1.63 bits per heavy atom. The number of nitrogens with zero attached hydrogens (tertiary/aromatic N) is 1. The van der Waals surface area contributed by atoms with Crippen molar-refractivity contribution >= 4 is 43.8 Å². The van der Waals surface area contributed by atoms with Crippen LogP contribution in [-0.2, 0) is 32.4 Å². The number of carbonyl (C=O) groups excluding carboxylic acids is 2. The van der Waals surface area contributed by atoms with Crippen LogP contribution in [-0.4, -0.2) is 31.3 Å².